The number of aryl methyl sites for hydroxylation is 1. The van der Waals surface area contributed by atoms with Gasteiger partial charge in [-0.25, -0.2) is 8.42 Å². The number of nitrogens with zero attached hydrogens (tertiary/aromatic N) is 3. The van der Waals surface area contributed by atoms with E-state index in [1.807, 2.05) is 19.1 Å². The first kappa shape index (κ1) is 20.9. The summed E-state index contributed by atoms with van der Waals surface area (Å²) in [6.07, 6.45) is 3.51. The van der Waals surface area contributed by atoms with Crippen molar-refractivity contribution in [2.45, 2.75) is 11.8 Å². The van der Waals surface area contributed by atoms with E-state index in [9.17, 15) is 13.2 Å². The van der Waals surface area contributed by atoms with Crippen LogP contribution < -0.4 is 9.62 Å². The zero-order valence-electron chi connectivity index (χ0n) is 17.2. The van der Waals surface area contributed by atoms with Crippen LogP contribution in [0.1, 0.15) is 15.9 Å². The van der Waals surface area contributed by atoms with Crippen LogP contribution in [0.3, 0.4) is 0 Å². The van der Waals surface area contributed by atoms with Gasteiger partial charge in [0.15, 0.2) is 0 Å². The number of carbonyl (C=O) groups is 1. The summed E-state index contributed by atoms with van der Waals surface area (Å²) in [4.78, 5) is 21.4. The van der Waals surface area contributed by atoms with Crippen LogP contribution >= 0.6 is 0 Å². The third kappa shape index (κ3) is 4.69. The molecule has 3 aromatic rings. The fourth-order valence-corrected chi connectivity index (χ4v) is 4.65. The fourth-order valence-electron chi connectivity index (χ4n) is 3.57. The maximum Gasteiger partial charge on any atom is 0.261 e. The number of anilines is 2. The van der Waals surface area contributed by atoms with E-state index in [-0.39, 0.29) is 16.5 Å². The summed E-state index contributed by atoms with van der Waals surface area (Å²) in [5, 5.41) is 0. The minimum absolute atomic E-state index is 0.159. The highest BCUT2D eigenvalue weighted by atomic mass is 32.2. The Kier molecular flexibility index (Phi) is 5.90. The number of hydrogen-bond acceptors (Lipinski definition) is 5. The van der Waals surface area contributed by atoms with Gasteiger partial charge in [-0.2, -0.15) is 0 Å². The van der Waals surface area contributed by atoms with Crippen molar-refractivity contribution < 1.29 is 13.2 Å². The van der Waals surface area contributed by atoms with Crippen molar-refractivity contribution in [3.05, 3.63) is 84.2 Å². The van der Waals surface area contributed by atoms with E-state index in [0.717, 1.165) is 11.3 Å². The Morgan fingerprint density at radius 2 is 1.55 bits per heavy atom. The Morgan fingerprint density at radius 3 is 2.23 bits per heavy atom. The van der Waals surface area contributed by atoms with Gasteiger partial charge < -0.3 is 9.80 Å². The van der Waals surface area contributed by atoms with Crippen LogP contribution in [0.25, 0.3) is 0 Å². The lowest BCUT2D eigenvalue weighted by molar-refractivity contribution is 0.0748. The first-order chi connectivity index (χ1) is 14.9. The molecule has 1 fully saturated rings. The molecule has 1 saturated heterocycles. The van der Waals surface area contributed by atoms with E-state index < -0.39 is 10.0 Å². The third-order valence-corrected chi connectivity index (χ3v) is 6.71. The van der Waals surface area contributed by atoms with Crippen molar-refractivity contribution in [2.24, 2.45) is 0 Å². The molecule has 0 unspecified atom stereocenters. The highest BCUT2D eigenvalue weighted by Gasteiger charge is 2.25. The Bertz CT molecular complexity index is 1160. The third-order valence-electron chi connectivity index (χ3n) is 5.33. The molecule has 31 heavy (non-hydrogen) atoms. The molecule has 4 rings (SSSR count). The summed E-state index contributed by atoms with van der Waals surface area (Å²) in [5.41, 5.74) is 2.67. The van der Waals surface area contributed by atoms with Gasteiger partial charge in [0.05, 0.1) is 16.1 Å². The molecule has 0 aliphatic carbocycles. The average molecular weight is 437 g/mol. The lowest BCUT2D eigenvalue weighted by atomic mass is 10.1. The Labute approximate surface area is 182 Å². The Hall–Kier alpha value is -3.39. The summed E-state index contributed by atoms with van der Waals surface area (Å²) >= 11 is 0. The molecule has 0 spiro atoms. The first-order valence-electron chi connectivity index (χ1n) is 10.1. The quantitative estimate of drug-likeness (QED) is 0.664. The van der Waals surface area contributed by atoms with Gasteiger partial charge in [0.2, 0.25) is 0 Å². The van der Waals surface area contributed by atoms with Gasteiger partial charge in [-0.3, -0.25) is 14.5 Å². The second-order valence-electron chi connectivity index (χ2n) is 7.45. The predicted octanol–water partition coefficient (Wildman–Crippen LogP) is 3.15. The molecular formula is C23H24N4O3S. The minimum Gasteiger partial charge on any atom is -0.368 e. The molecular weight excluding hydrogens is 412 g/mol. The molecule has 7 nitrogen and oxygen atoms in total. The molecule has 1 aliphatic rings. The topological polar surface area (TPSA) is 82.6 Å². The highest BCUT2D eigenvalue weighted by Crippen LogP contribution is 2.23. The number of hydrogen-bond donors (Lipinski definition) is 1. The van der Waals surface area contributed by atoms with E-state index in [4.69, 9.17) is 0 Å². The van der Waals surface area contributed by atoms with Crippen molar-refractivity contribution >= 4 is 27.3 Å². The molecule has 0 radical (unpaired) electrons. The predicted molar refractivity (Wildman–Crippen MR) is 121 cm³/mol. The van der Waals surface area contributed by atoms with Gasteiger partial charge in [0, 0.05) is 44.3 Å². The highest BCUT2D eigenvalue weighted by molar-refractivity contribution is 7.92. The SMILES string of the molecule is Cc1ccc(S(=O)(=O)Nc2ccccc2C(=O)N2CCN(c3ccncc3)CC2)cc1. The molecule has 8 heteroatoms. The number of pyridine rings is 1. The van der Waals surface area contributed by atoms with Crippen LogP contribution in [-0.2, 0) is 10.0 Å². The van der Waals surface area contributed by atoms with Gasteiger partial charge >= 0.3 is 0 Å². The van der Waals surface area contributed by atoms with Crippen molar-refractivity contribution in [3.63, 3.8) is 0 Å². The van der Waals surface area contributed by atoms with Crippen LogP contribution in [0.15, 0.2) is 78.0 Å². The van der Waals surface area contributed by atoms with Gasteiger partial charge in [-0.1, -0.05) is 29.8 Å². The van der Waals surface area contributed by atoms with Crippen LogP contribution in [0.4, 0.5) is 11.4 Å². The molecule has 1 aromatic heterocycles. The van der Waals surface area contributed by atoms with Crippen LogP contribution in [0, 0.1) is 6.92 Å². The van der Waals surface area contributed by atoms with Crippen LogP contribution in [-0.4, -0.2) is 50.4 Å². The number of para-hydroxylation sites is 1. The normalized spacial score (nSPS) is 14.4. The van der Waals surface area contributed by atoms with Crippen LogP contribution in [0.5, 0.6) is 0 Å². The van der Waals surface area contributed by atoms with Gasteiger partial charge in [0.25, 0.3) is 15.9 Å². The number of nitrogens with one attached hydrogen (secondary N) is 1. The molecule has 0 bridgehead atoms. The standard InChI is InChI=1S/C23H24N4O3S/c1-18-6-8-20(9-7-18)31(29,30)25-22-5-3-2-4-21(22)23(28)27-16-14-26(15-17-27)19-10-12-24-13-11-19/h2-13,25H,14-17H2,1H3. The Morgan fingerprint density at radius 1 is 0.903 bits per heavy atom. The summed E-state index contributed by atoms with van der Waals surface area (Å²) < 4.78 is 28.2. The van der Waals surface area contributed by atoms with Gasteiger partial charge in [-0.15, -0.1) is 0 Å². The smallest absolute Gasteiger partial charge is 0.261 e. The maximum absolute atomic E-state index is 13.2. The molecule has 0 atom stereocenters. The molecule has 160 valence electrons. The van der Waals surface area contributed by atoms with Crippen molar-refractivity contribution in [1.29, 1.82) is 0 Å². The first-order valence-corrected chi connectivity index (χ1v) is 11.6. The molecule has 1 aliphatic heterocycles. The zero-order chi connectivity index (χ0) is 21.8. The monoisotopic (exact) mass is 436 g/mol. The lowest BCUT2D eigenvalue weighted by Gasteiger charge is -2.36. The summed E-state index contributed by atoms with van der Waals surface area (Å²) in [6.45, 7) is 4.41. The molecule has 1 N–H and O–H groups in total. The van der Waals surface area contributed by atoms with Crippen molar-refractivity contribution in [2.75, 3.05) is 35.8 Å². The number of amides is 1. The summed E-state index contributed by atoms with van der Waals surface area (Å²) in [7, 11) is -3.80. The average Bonchev–Trinajstić information content (AvgIpc) is 2.80. The number of aromatic nitrogens is 1. The van der Waals surface area contributed by atoms with Gasteiger partial charge in [0.1, 0.15) is 0 Å². The molecule has 0 saturated carbocycles. The summed E-state index contributed by atoms with van der Waals surface area (Å²) in [6, 6.07) is 17.2. The fraction of sp³-hybridized carbons (Fsp3) is 0.217. The maximum atomic E-state index is 13.2. The largest absolute Gasteiger partial charge is 0.368 e. The van der Waals surface area contributed by atoms with E-state index in [0.29, 0.717) is 31.7 Å². The van der Waals surface area contributed by atoms with Crippen LogP contribution in [0.2, 0.25) is 0 Å². The second-order valence-corrected chi connectivity index (χ2v) is 9.13. The zero-order valence-corrected chi connectivity index (χ0v) is 18.0. The Balaban J connectivity index is 1.49. The molecule has 2 aromatic carbocycles. The van der Waals surface area contributed by atoms with Crippen molar-refractivity contribution in [1.82, 2.24) is 9.88 Å². The van der Waals surface area contributed by atoms with Gasteiger partial charge in [-0.05, 0) is 43.3 Å². The van der Waals surface area contributed by atoms with E-state index >= 15 is 0 Å². The van der Waals surface area contributed by atoms with E-state index in [2.05, 4.69) is 14.6 Å². The number of carbonyl (C=O) groups excluding carboxylic acids is 1. The lowest BCUT2D eigenvalue weighted by Crippen LogP contribution is -2.49. The van der Waals surface area contributed by atoms with E-state index in [1.54, 1.807) is 65.8 Å². The number of rotatable bonds is 5. The number of sulfonamides is 1. The van der Waals surface area contributed by atoms with Crippen molar-refractivity contribution in [3.8, 4) is 0 Å². The second kappa shape index (κ2) is 8.77. The number of piperazine rings is 1. The summed E-state index contributed by atoms with van der Waals surface area (Å²) in [5.74, 6) is -0.184. The molecule has 2 heterocycles. The number of benzene rings is 2. The minimum atomic E-state index is -3.80. The molecule has 1 amide bonds. The van der Waals surface area contributed by atoms with E-state index in [1.165, 1.54) is 0 Å².